The van der Waals surface area contributed by atoms with Gasteiger partial charge in [-0.2, -0.15) is 0 Å². The lowest BCUT2D eigenvalue weighted by Gasteiger charge is -2.03. The number of rotatable bonds is 2. The van der Waals surface area contributed by atoms with E-state index in [0.29, 0.717) is 6.47 Å². The second-order valence-corrected chi connectivity index (χ2v) is 2.77. The molecule has 0 spiro atoms. The molecule has 0 amide bonds. The van der Waals surface area contributed by atoms with Crippen molar-refractivity contribution in [2.75, 3.05) is 0 Å². The van der Waals surface area contributed by atoms with Crippen LogP contribution >= 0.6 is 11.2 Å². The summed E-state index contributed by atoms with van der Waals surface area (Å²) in [5.41, 5.74) is 0. The number of thiol groups is 1. The molecular weight excluding hydrogens is 124 g/mol. The third-order valence-corrected chi connectivity index (χ3v) is 2.00. The molecule has 1 heterocycles. The van der Waals surface area contributed by atoms with Crippen LogP contribution in [-0.2, 0) is 8.98 Å². The molecule has 44 valence electrons. The Bertz CT molecular complexity index is 127. The summed E-state index contributed by atoms with van der Waals surface area (Å²) in [7, 11) is 0. The summed E-state index contributed by atoms with van der Waals surface area (Å²) in [5, 5.41) is 3.73. The molecule has 0 N–H and O–H groups in total. The van der Waals surface area contributed by atoms with E-state index < -0.39 is 11.2 Å². The highest BCUT2D eigenvalue weighted by Crippen LogP contribution is 2.32. The van der Waals surface area contributed by atoms with Gasteiger partial charge < -0.3 is 4.18 Å². The molecule has 0 saturated carbocycles. The van der Waals surface area contributed by atoms with E-state index in [1.165, 1.54) is 0 Å². The van der Waals surface area contributed by atoms with Crippen LogP contribution in [0.15, 0.2) is 23.0 Å². The van der Waals surface area contributed by atoms with E-state index in [0.717, 1.165) is 0 Å². The molecule has 0 aromatic heterocycles. The van der Waals surface area contributed by atoms with Gasteiger partial charge in [0.25, 0.3) is 0 Å². The molecule has 0 unspecified atom stereocenters. The van der Waals surface area contributed by atoms with Crippen molar-refractivity contribution in [1.82, 2.24) is 0 Å². The minimum Gasteiger partial charge on any atom is -0.413 e. The Morgan fingerprint density at radius 3 is 2.50 bits per heavy atom. The third kappa shape index (κ3) is 1.13. The fourth-order valence-corrected chi connectivity index (χ4v) is 1.32. The Kier molecular flexibility index (Phi) is 1.75. The summed E-state index contributed by atoms with van der Waals surface area (Å²) in [6, 6.07) is 0. The van der Waals surface area contributed by atoms with Crippen LogP contribution in [0.1, 0.15) is 0 Å². The Morgan fingerprint density at radius 1 is 1.38 bits per heavy atom. The summed E-state index contributed by atoms with van der Waals surface area (Å²) >= 11 is -0.674. The van der Waals surface area contributed by atoms with E-state index in [4.69, 9.17) is 0 Å². The summed E-state index contributed by atoms with van der Waals surface area (Å²) in [6.45, 7) is 0.478. The number of carbonyl (C=O) groups is 1. The van der Waals surface area contributed by atoms with Crippen molar-refractivity contribution in [3.05, 3.63) is 23.0 Å². The van der Waals surface area contributed by atoms with E-state index in [2.05, 4.69) is 4.18 Å². The third-order valence-electron chi connectivity index (χ3n) is 0.742. The normalized spacial score (nSPS) is 19.2. The minimum absolute atomic E-state index is 0.478. The Morgan fingerprint density at radius 2 is 2.00 bits per heavy atom. The monoisotopic (exact) mass is 130 g/mol. The Balaban J connectivity index is 2.37. The zero-order valence-corrected chi connectivity index (χ0v) is 5.04. The number of allylic oxidation sites excluding steroid dienone is 2. The predicted molar refractivity (Wildman–Crippen MR) is 34.4 cm³/mol. The van der Waals surface area contributed by atoms with Gasteiger partial charge in [-0.1, -0.05) is 23.3 Å². The second-order valence-electron chi connectivity index (χ2n) is 1.24. The highest BCUT2D eigenvalue weighted by Gasteiger charge is 1.94. The molecule has 8 heavy (non-hydrogen) atoms. The van der Waals surface area contributed by atoms with E-state index >= 15 is 0 Å². The first-order valence-corrected chi connectivity index (χ1v) is 3.57. The first kappa shape index (κ1) is 5.44. The fraction of sp³-hybridized carbons (Fsp3) is 0. The van der Waals surface area contributed by atoms with Gasteiger partial charge in [0.1, 0.15) is 0 Å². The maximum absolute atomic E-state index is 9.69. The maximum Gasteiger partial charge on any atom is 0.303 e. The van der Waals surface area contributed by atoms with Crippen LogP contribution in [0.5, 0.6) is 0 Å². The summed E-state index contributed by atoms with van der Waals surface area (Å²) in [4.78, 5) is 9.69. The summed E-state index contributed by atoms with van der Waals surface area (Å²) < 4.78 is 4.61. The van der Waals surface area contributed by atoms with Crippen molar-refractivity contribution < 1.29 is 8.98 Å². The van der Waals surface area contributed by atoms with Crippen molar-refractivity contribution in [2.24, 2.45) is 0 Å². The maximum atomic E-state index is 9.69. The zero-order chi connectivity index (χ0) is 5.82. The number of hydrogen-bond donors (Lipinski definition) is 1. The van der Waals surface area contributed by atoms with Gasteiger partial charge in [0.2, 0.25) is 0 Å². The molecule has 0 atom stereocenters. The molecule has 1 rings (SSSR count). The standard InChI is InChI=1S/C5H6O2S/c6-5-7-8-3-1-2-4-8/h1-5,8H. The highest BCUT2D eigenvalue weighted by atomic mass is 32.2. The van der Waals surface area contributed by atoms with Crippen LogP contribution < -0.4 is 0 Å². The largest absolute Gasteiger partial charge is 0.413 e. The van der Waals surface area contributed by atoms with Crippen LogP contribution in [0.25, 0.3) is 0 Å². The molecule has 0 aromatic carbocycles. The molecule has 0 saturated heterocycles. The van der Waals surface area contributed by atoms with Gasteiger partial charge in [0.15, 0.2) is 0 Å². The summed E-state index contributed by atoms with van der Waals surface area (Å²) in [6.07, 6.45) is 3.74. The van der Waals surface area contributed by atoms with Crippen molar-refractivity contribution in [1.29, 1.82) is 0 Å². The Hall–Kier alpha value is -0.700. The van der Waals surface area contributed by atoms with Crippen molar-refractivity contribution >= 4 is 17.6 Å². The fourth-order valence-electron chi connectivity index (χ4n) is 0.439. The molecule has 0 aliphatic carbocycles. The molecule has 1 aliphatic heterocycles. The average Bonchev–Trinajstić information content (AvgIpc) is 2.19. The lowest BCUT2D eigenvalue weighted by molar-refractivity contribution is -0.119. The summed E-state index contributed by atoms with van der Waals surface area (Å²) in [5.74, 6) is 0. The zero-order valence-electron chi connectivity index (χ0n) is 4.15. The first-order chi connectivity index (χ1) is 3.93. The number of carbonyl (C=O) groups excluding carboxylic acids is 1. The van der Waals surface area contributed by atoms with E-state index in [9.17, 15) is 4.79 Å². The lowest BCUT2D eigenvalue weighted by Crippen LogP contribution is -1.74. The van der Waals surface area contributed by atoms with Crippen LogP contribution in [-0.4, -0.2) is 6.47 Å². The van der Waals surface area contributed by atoms with Gasteiger partial charge in [0.05, 0.1) is 0 Å². The van der Waals surface area contributed by atoms with Crippen molar-refractivity contribution in [2.45, 2.75) is 0 Å². The molecule has 0 fully saturated rings. The highest BCUT2D eigenvalue weighted by molar-refractivity contribution is 8.18. The van der Waals surface area contributed by atoms with Gasteiger partial charge in [0, 0.05) is 0 Å². The van der Waals surface area contributed by atoms with Crippen LogP contribution in [0.2, 0.25) is 0 Å². The Labute approximate surface area is 50.4 Å². The van der Waals surface area contributed by atoms with Crippen molar-refractivity contribution in [3.63, 3.8) is 0 Å². The molecular formula is C5H6O2S. The van der Waals surface area contributed by atoms with E-state index in [1.54, 1.807) is 0 Å². The van der Waals surface area contributed by atoms with E-state index in [1.807, 2.05) is 23.0 Å². The van der Waals surface area contributed by atoms with Crippen LogP contribution in [0, 0.1) is 0 Å². The SMILES string of the molecule is O=CO[SH]1C=CC=C1. The molecule has 2 nitrogen and oxygen atoms in total. The van der Waals surface area contributed by atoms with Crippen molar-refractivity contribution in [3.8, 4) is 0 Å². The smallest absolute Gasteiger partial charge is 0.303 e. The van der Waals surface area contributed by atoms with Gasteiger partial charge in [-0.05, 0) is 10.8 Å². The van der Waals surface area contributed by atoms with Gasteiger partial charge in [-0.15, -0.1) is 0 Å². The lowest BCUT2D eigenvalue weighted by atomic mass is 10.6. The average molecular weight is 130 g/mol. The van der Waals surface area contributed by atoms with Gasteiger partial charge >= 0.3 is 6.47 Å². The second kappa shape index (κ2) is 2.57. The quantitative estimate of drug-likeness (QED) is 0.447. The van der Waals surface area contributed by atoms with Crippen LogP contribution in [0.4, 0.5) is 0 Å². The molecule has 1 aliphatic rings. The predicted octanol–water partition coefficient (Wildman–Crippen LogP) is 1.12. The number of hydrogen-bond acceptors (Lipinski definition) is 2. The van der Waals surface area contributed by atoms with E-state index in [-0.39, 0.29) is 0 Å². The first-order valence-electron chi connectivity index (χ1n) is 2.17. The molecule has 3 heteroatoms. The topological polar surface area (TPSA) is 26.3 Å². The minimum atomic E-state index is -0.674. The van der Waals surface area contributed by atoms with Gasteiger partial charge in [-0.25, -0.2) is 0 Å². The molecule has 0 aromatic rings. The molecule has 0 radical (unpaired) electrons. The van der Waals surface area contributed by atoms with Gasteiger partial charge in [-0.3, -0.25) is 4.79 Å². The molecule has 0 bridgehead atoms. The van der Waals surface area contributed by atoms with Crippen LogP contribution in [0.3, 0.4) is 0 Å².